The number of fused-ring (bicyclic) bond motifs is 2. The van der Waals surface area contributed by atoms with Gasteiger partial charge in [0.05, 0.1) is 38.4 Å². The number of carbonyl (C=O) groups is 1. The third-order valence-electron chi connectivity index (χ3n) is 8.09. The Hall–Kier alpha value is -3.29. The lowest BCUT2D eigenvalue weighted by molar-refractivity contribution is -0.141. The minimum atomic E-state index is -0.457. The van der Waals surface area contributed by atoms with Gasteiger partial charge in [-0.05, 0) is 73.2 Å². The van der Waals surface area contributed by atoms with Crippen molar-refractivity contribution < 1.29 is 32.9 Å². The Morgan fingerprint density at radius 2 is 1.82 bits per heavy atom. The Balaban J connectivity index is 1.28. The second-order valence-corrected chi connectivity index (χ2v) is 11.2. The maximum Gasteiger partial charge on any atom is 0.306 e. The van der Waals surface area contributed by atoms with Crippen molar-refractivity contribution in [3.63, 3.8) is 0 Å². The van der Waals surface area contributed by atoms with Crippen LogP contribution in [0.5, 0.6) is 17.2 Å². The first-order valence-corrected chi connectivity index (χ1v) is 14.1. The lowest BCUT2D eigenvalue weighted by Crippen LogP contribution is -2.16. The molecular formula is C32H32ClFO6. The van der Waals surface area contributed by atoms with Crippen LogP contribution in [0, 0.1) is 19.7 Å². The molecule has 40 heavy (non-hydrogen) atoms. The van der Waals surface area contributed by atoms with Crippen molar-refractivity contribution in [3.05, 3.63) is 75.1 Å². The van der Waals surface area contributed by atoms with E-state index in [1.54, 1.807) is 0 Å². The molecule has 6 rings (SSSR count). The monoisotopic (exact) mass is 566 g/mol. The van der Waals surface area contributed by atoms with E-state index in [0.717, 1.165) is 52.2 Å². The summed E-state index contributed by atoms with van der Waals surface area (Å²) in [6.07, 6.45) is 2.01. The fraction of sp³-hybridized carbons (Fsp3) is 0.406. The summed E-state index contributed by atoms with van der Waals surface area (Å²) in [4.78, 5) is 11.7. The minimum Gasteiger partial charge on any atom is -0.492 e. The second kappa shape index (κ2) is 10.9. The van der Waals surface area contributed by atoms with Gasteiger partial charge in [-0.25, -0.2) is 4.39 Å². The maximum atomic E-state index is 15.5. The highest BCUT2D eigenvalue weighted by Crippen LogP contribution is 2.48. The van der Waals surface area contributed by atoms with E-state index in [1.165, 1.54) is 13.2 Å². The SMILES string of the molecule is COC(=O)C[C@@H]1COc2cc(O[C@@H]3CCc4c(-c5c(C)cc(O[C@@H]6CCOC6)cc5C)c(Cl)cc(F)c43)ccc21. The highest BCUT2D eigenvalue weighted by molar-refractivity contribution is 6.33. The van der Waals surface area contributed by atoms with Crippen molar-refractivity contribution in [2.45, 2.75) is 57.7 Å². The molecule has 0 saturated carbocycles. The van der Waals surface area contributed by atoms with E-state index in [9.17, 15) is 4.79 Å². The third-order valence-corrected chi connectivity index (χ3v) is 8.38. The standard InChI is InChI=1S/C32H32ClFO6/c1-17-10-22(39-21-8-9-37-16-21)11-18(2)30(17)31-24-6-7-27(32(24)26(34)14-25(31)33)40-20-4-5-23-19(12-29(35)36-3)15-38-28(23)13-20/h4-5,10-11,13-14,19,21,27H,6-9,12,15-16H2,1-3H3/t19-,21-,27-/m1/s1. The molecular weight excluding hydrogens is 535 g/mol. The average Bonchev–Trinajstić information content (AvgIpc) is 3.66. The molecule has 3 aromatic rings. The van der Waals surface area contributed by atoms with E-state index < -0.39 is 6.10 Å². The zero-order valence-corrected chi connectivity index (χ0v) is 23.6. The van der Waals surface area contributed by atoms with Crippen molar-refractivity contribution in [2.24, 2.45) is 0 Å². The quantitative estimate of drug-likeness (QED) is 0.286. The molecule has 1 aliphatic carbocycles. The molecule has 0 bridgehead atoms. The van der Waals surface area contributed by atoms with Gasteiger partial charge < -0.3 is 23.7 Å². The van der Waals surface area contributed by atoms with Crippen LogP contribution in [0.4, 0.5) is 4.39 Å². The van der Waals surface area contributed by atoms with Crippen LogP contribution < -0.4 is 14.2 Å². The van der Waals surface area contributed by atoms with Crippen molar-refractivity contribution in [3.8, 4) is 28.4 Å². The van der Waals surface area contributed by atoms with Gasteiger partial charge >= 0.3 is 5.97 Å². The lowest BCUT2D eigenvalue weighted by atomic mass is 9.90. The molecule has 210 valence electrons. The fourth-order valence-corrected chi connectivity index (χ4v) is 6.54. The Morgan fingerprint density at radius 3 is 2.55 bits per heavy atom. The largest absolute Gasteiger partial charge is 0.492 e. The molecule has 0 spiro atoms. The van der Waals surface area contributed by atoms with Crippen LogP contribution >= 0.6 is 11.6 Å². The minimum absolute atomic E-state index is 0.0550. The molecule has 3 aliphatic rings. The molecule has 0 amide bonds. The van der Waals surface area contributed by atoms with Gasteiger partial charge in [-0.2, -0.15) is 0 Å². The van der Waals surface area contributed by atoms with E-state index in [-0.39, 0.29) is 30.2 Å². The second-order valence-electron chi connectivity index (χ2n) is 10.8. The van der Waals surface area contributed by atoms with Crippen LogP contribution in [-0.2, 0) is 20.7 Å². The first kappa shape index (κ1) is 26.9. The van der Waals surface area contributed by atoms with E-state index in [4.69, 9.17) is 35.3 Å². The summed E-state index contributed by atoms with van der Waals surface area (Å²) >= 11 is 6.72. The number of methoxy groups -OCH3 is 1. The molecule has 8 heteroatoms. The number of carbonyl (C=O) groups excluding carboxylic acids is 1. The summed E-state index contributed by atoms with van der Waals surface area (Å²) in [5.74, 6) is 1.39. The summed E-state index contributed by atoms with van der Waals surface area (Å²) < 4.78 is 44.0. The summed E-state index contributed by atoms with van der Waals surface area (Å²) in [5.41, 5.74) is 6.28. The summed E-state index contributed by atoms with van der Waals surface area (Å²) in [6.45, 7) is 5.80. The van der Waals surface area contributed by atoms with Crippen LogP contribution in [-0.4, -0.2) is 39.0 Å². The van der Waals surface area contributed by atoms with Crippen LogP contribution in [0.1, 0.15) is 59.1 Å². The van der Waals surface area contributed by atoms with E-state index >= 15 is 4.39 Å². The Kier molecular flexibility index (Phi) is 7.36. The number of aryl methyl sites for hydroxylation is 2. The van der Waals surface area contributed by atoms with Gasteiger partial charge in [-0.15, -0.1) is 0 Å². The predicted octanol–water partition coefficient (Wildman–Crippen LogP) is 7.04. The maximum absolute atomic E-state index is 15.5. The van der Waals surface area contributed by atoms with Gasteiger partial charge in [-0.3, -0.25) is 4.79 Å². The first-order valence-electron chi connectivity index (χ1n) is 13.7. The number of esters is 1. The molecule has 1 fully saturated rings. The normalized spacial score (nSPS) is 21.1. The molecule has 3 aromatic carbocycles. The highest BCUT2D eigenvalue weighted by atomic mass is 35.5. The van der Waals surface area contributed by atoms with Crippen molar-refractivity contribution in [2.75, 3.05) is 26.9 Å². The van der Waals surface area contributed by atoms with Gasteiger partial charge in [0.1, 0.15) is 35.3 Å². The molecule has 0 aromatic heterocycles. The molecule has 0 N–H and O–H groups in total. The van der Waals surface area contributed by atoms with Gasteiger partial charge in [-0.1, -0.05) is 17.7 Å². The summed E-state index contributed by atoms with van der Waals surface area (Å²) in [6, 6.07) is 11.0. The number of hydrogen-bond donors (Lipinski definition) is 0. The van der Waals surface area contributed by atoms with Crippen LogP contribution in [0.3, 0.4) is 0 Å². The lowest BCUT2D eigenvalue weighted by Gasteiger charge is -2.21. The van der Waals surface area contributed by atoms with Crippen molar-refractivity contribution in [1.82, 2.24) is 0 Å². The number of hydrogen-bond acceptors (Lipinski definition) is 6. The first-order chi connectivity index (χ1) is 19.3. The number of ether oxygens (including phenoxy) is 5. The van der Waals surface area contributed by atoms with Gasteiger partial charge in [0.2, 0.25) is 0 Å². The van der Waals surface area contributed by atoms with Crippen LogP contribution in [0.25, 0.3) is 11.1 Å². The van der Waals surface area contributed by atoms with E-state index in [0.29, 0.717) is 48.1 Å². The molecule has 0 radical (unpaired) electrons. The van der Waals surface area contributed by atoms with Crippen molar-refractivity contribution >= 4 is 17.6 Å². The molecule has 6 nitrogen and oxygen atoms in total. The number of rotatable bonds is 7. The molecule has 0 unspecified atom stereocenters. The fourth-order valence-electron chi connectivity index (χ4n) is 6.23. The summed E-state index contributed by atoms with van der Waals surface area (Å²) in [7, 11) is 1.38. The molecule has 3 atom stereocenters. The average molecular weight is 567 g/mol. The topological polar surface area (TPSA) is 63.2 Å². The smallest absolute Gasteiger partial charge is 0.306 e. The van der Waals surface area contributed by atoms with E-state index in [2.05, 4.69) is 0 Å². The van der Waals surface area contributed by atoms with Gasteiger partial charge in [0.15, 0.2) is 0 Å². The van der Waals surface area contributed by atoms with Gasteiger partial charge in [0, 0.05) is 35.1 Å². The molecule has 1 saturated heterocycles. The molecule has 2 heterocycles. The van der Waals surface area contributed by atoms with Crippen LogP contribution in [0.2, 0.25) is 5.02 Å². The third kappa shape index (κ3) is 5.01. The Bertz CT molecular complexity index is 1440. The van der Waals surface area contributed by atoms with Crippen molar-refractivity contribution in [1.29, 1.82) is 0 Å². The number of halogens is 2. The Labute approximate surface area is 238 Å². The summed E-state index contributed by atoms with van der Waals surface area (Å²) in [5, 5.41) is 0.392. The molecule has 2 aliphatic heterocycles. The van der Waals surface area contributed by atoms with Gasteiger partial charge in [0.25, 0.3) is 0 Å². The zero-order valence-electron chi connectivity index (χ0n) is 22.9. The highest BCUT2D eigenvalue weighted by Gasteiger charge is 2.34. The van der Waals surface area contributed by atoms with E-state index in [1.807, 2.05) is 44.2 Å². The predicted molar refractivity (Wildman–Crippen MR) is 149 cm³/mol. The zero-order chi connectivity index (χ0) is 28.0. The van der Waals surface area contributed by atoms with Crippen LogP contribution in [0.15, 0.2) is 36.4 Å². The number of benzene rings is 3. The Morgan fingerprint density at radius 1 is 1.02 bits per heavy atom.